The third kappa shape index (κ3) is 5.30. The van der Waals surface area contributed by atoms with Gasteiger partial charge in [-0.1, -0.05) is 44.0 Å². The second-order valence-electron chi connectivity index (χ2n) is 5.74. The molecule has 0 radical (unpaired) electrons. The molecule has 0 unspecified atom stereocenters. The fraction of sp³-hybridized carbons (Fsp3) is 0.105. The molecule has 1 heterocycles. The van der Waals surface area contributed by atoms with E-state index in [1.54, 1.807) is 18.0 Å². The van der Waals surface area contributed by atoms with Gasteiger partial charge in [-0.05, 0) is 51.8 Å². The number of nitrogens with zero attached hydrogens (tertiary/aromatic N) is 3. The topological polar surface area (TPSA) is 68.5 Å². The number of benzene rings is 2. The largest absolute Gasteiger partial charge is 0.496 e. The fourth-order valence-electron chi connectivity index (χ4n) is 2.43. The minimum atomic E-state index is -0.411. The van der Waals surface area contributed by atoms with Crippen LogP contribution in [0.2, 0.25) is 0 Å². The highest BCUT2D eigenvalue weighted by atomic mass is 79.9. The van der Waals surface area contributed by atoms with Crippen LogP contribution in [0.3, 0.4) is 0 Å². The first kappa shape index (κ1) is 20.8. The van der Waals surface area contributed by atoms with Gasteiger partial charge in [0.2, 0.25) is 0 Å². The van der Waals surface area contributed by atoms with Gasteiger partial charge in [-0.3, -0.25) is 9.48 Å². The van der Waals surface area contributed by atoms with Crippen LogP contribution in [-0.4, -0.2) is 29.0 Å². The van der Waals surface area contributed by atoms with E-state index in [2.05, 4.69) is 63.4 Å². The number of aromatic nitrogens is 2. The SMILES string of the molecule is COc1ccc(Br)cc1C=NNC(=O)c1nn(Cc2ccc(Br)cc2)cc1Br. The maximum Gasteiger partial charge on any atom is 0.293 e. The lowest BCUT2D eigenvalue weighted by atomic mass is 10.2. The van der Waals surface area contributed by atoms with Crippen molar-refractivity contribution in [3.63, 3.8) is 0 Å². The number of nitrogens with one attached hydrogen (secondary N) is 1. The van der Waals surface area contributed by atoms with Crippen molar-refractivity contribution in [3.8, 4) is 5.75 Å². The van der Waals surface area contributed by atoms with Crippen molar-refractivity contribution >= 4 is 59.9 Å². The minimum Gasteiger partial charge on any atom is -0.496 e. The van der Waals surface area contributed by atoms with Crippen molar-refractivity contribution in [1.29, 1.82) is 0 Å². The summed E-state index contributed by atoms with van der Waals surface area (Å²) in [5.74, 6) is 0.243. The summed E-state index contributed by atoms with van der Waals surface area (Å²) in [6.45, 7) is 0.553. The summed E-state index contributed by atoms with van der Waals surface area (Å²) >= 11 is 10.2. The van der Waals surface area contributed by atoms with Crippen molar-refractivity contribution < 1.29 is 9.53 Å². The molecule has 1 amide bonds. The standard InChI is InChI=1S/C19H15Br3N4O2/c1-28-17-7-6-15(21)8-13(17)9-23-24-19(27)18-16(22)11-26(25-18)10-12-2-4-14(20)5-3-12/h2-9,11H,10H2,1H3,(H,24,27). The Hall–Kier alpha value is -1.97. The molecule has 2 aromatic carbocycles. The molecule has 0 spiro atoms. The molecule has 1 aromatic heterocycles. The van der Waals surface area contributed by atoms with Gasteiger partial charge in [0.1, 0.15) is 5.75 Å². The first-order chi connectivity index (χ1) is 13.5. The van der Waals surface area contributed by atoms with Crippen LogP contribution in [0.25, 0.3) is 0 Å². The Balaban J connectivity index is 1.68. The number of halogens is 3. The molecule has 3 aromatic rings. The summed E-state index contributed by atoms with van der Waals surface area (Å²) in [5, 5.41) is 8.35. The second kappa shape index (κ2) is 9.49. The Morgan fingerprint density at radius 3 is 2.61 bits per heavy atom. The van der Waals surface area contributed by atoms with E-state index in [-0.39, 0.29) is 5.69 Å². The number of ether oxygens (including phenoxy) is 1. The van der Waals surface area contributed by atoms with Gasteiger partial charge in [0.05, 0.1) is 24.3 Å². The summed E-state index contributed by atoms with van der Waals surface area (Å²) in [6.07, 6.45) is 3.28. The molecule has 0 aliphatic carbocycles. The van der Waals surface area contributed by atoms with Crippen LogP contribution in [0.4, 0.5) is 0 Å². The van der Waals surface area contributed by atoms with Gasteiger partial charge in [-0.2, -0.15) is 10.2 Å². The highest BCUT2D eigenvalue weighted by molar-refractivity contribution is 9.11. The van der Waals surface area contributed by atoms with Crippen LogP contribution < -0.4 is 10.2 Å². The maximum absolute atomic E-state index is 12.4. The highest BCUT2D eigenvalue weighted by Crippen LogP contribution is 2.21. The van der Waals surface area contributed by atoms with Gasteiger partial charge in [0.15, 0.2) is 5.69 Å². The minimum absolute atomic E-state index is 0.260. The normalized spacial score (nSPS) is 11.0. The van der Waals surface area contributed by atoms with Crippen LogP contribution in [0.1, 0.15) is 21.6 Å². The average Bonchev–Trinajstić information content (AvgIpc) is 3.04. The van der Waals surface area contributed by atoms with E-state index in [1.165, 1.54) is 6.21 Å². The molecule has 0 aliphatic rings. The lowest BCUT2D eigenvalue weighted by molar-refractivity contribution is 0.0948. The lowest BCUT2D eigenvalue weighted by Crippen LogP contribution is -2.19. The Morgan fingerprint density at radius 1 is 1.18 bits per heavy atom. The number of carbonyl (C=O) groups is 1. The molecular weight excluding hydrogens is 556 g/mol. The summed E-state index contributed by atoms with van der Waals surface area (Å²) in [7, 11) is 1.58. The van der Waals surface area contributed by atoms with Crippen LogP contribution in [0.15, 0.2) is 67.2 Å². The van der Waals surface area contributed by atoms with Crippen molar-refractivity contribution in [1.82, 2.24) is 15.2 Å². The molecule has 144 valence electrons. The van der Waals surface area contributed by atoms with Crippen molar-refractivity contribution in [3.05, 3.63) is 78.9 Å². The predicted molar refractivity (Wildman–Crippen MR) is 119 cm³/mol. The van der Waals surface area contributed by atoms with Crippen molar-refractivity contribution in [2.45, 2.75) is 6.54 Å². The van der Waals surface area contributed by atoms with E-state index >= 15 is 0 Å². The Morgan fingerprint density at radius 2 is 1.89 bits per heavy atom. The summed E-state index contributed by atoms with van der Waals surface area (Å²) in [6, 6.07) is 13.4. The third-order valence-corrected chi connectivity index (χ3v) is 5.35. The Labute approximate surface area is 187 Å². The fourth-order valence-corrected chi connectivity index (χ4v) is 3.57. The number of methoxy groups -OCH3 is 1. The van der Waals surface area contributed by atoms with Gasteiger partial charge >= 0.3 is 0 Å². The number of rotatable bonds is 6. The molecule has 9 heteroatoms. The number of hydrogen-bond donors (Lipinski definition) is 1. The molecular formula is C19H15Br3N4O2. The monoisotopic (exact) mass is 568 g/mol. The smallest absolute Gasteiger partial charge is 0.293 e. The van der Waals surface area contributed by atoms with Crippen LogP contribution in [0, 0.1) is 0 Å². The summed E-state index contributed by atoms with van der Waals surface area (Å²) < 4.78 is 9.47. The first-order valence-electron chi connectivity index (χ1n) is 8.10. The van der Waals surface area contributed by atoms with Gasteiger partial charge in [0, 0.05) is 20.7 Å². The molecule has 6 nitrogen and oxygen atoms in total. The molecule has 0 atom stereocenters. The molecule has 3 rings (SSSR count). The van der Waals surface area contributed by atoms with Gasteiger partial charge in [-0.25, -0.2) is 5.43 Å². The van der Waals surface area contributed by atoms with Crippen LogP contribution in [-0.2, 0) is 6.54 Å². The summed E-state index contributed by atoms with van der Waals surface area (Å²) in [4.78, 5) is 12.4. The van der Waals surface area contributed by atoms with E-state index in [1.807, 2.05) is 42.5 Å². The quantitative estimate of drug-likeness (QED) is 0.335. The Bertz CT molecular complexity index is 1020. The van der Waals surface area contributed by atoms with Crippen LogP contribution >= 0.6 is 47.8 Å². The van der Waals surface area contributed by atoms with E-state index in [0.29, 0.717) is 16.8 Å². The molecule has 0 bridgehead atoms. The van der Waals surface area contributed by atoms with Crippen molar-refractivity contribution in [2.75, 3.05) is 7.11 Å². The zero-order valence-corrected chi connectivity index (χ0v) is 19.5. The van der Waals surface area contributed by atoms with Gasteiger partial charge < -0.3 is 4.74 Å². The maximum atomic E-state index is 12.4. The molecule has 0 saturated heterocycles. The lowest BCUT2D eigenvalue weighted by Gasteiger charge is -2.04. The van der Waals surface area contributed by atoms with E-state index < -0.39 is 5.91 Å². The summed E-state index contributed by atoms with van der Waals surface area (Å²) in [5.41, 5.74) is 4.56. The number of hydrazone groups is 1. The number of carbonyl (C=O) groups excluding carboxylic acids is 1. The van der Waals surface area contributed by atoms with E-state index in [4.69, 9.17) is 4.74 Å². The Kier molecular flexibility index (Phi) is 7.03. The van der Waals surface area contributed by atoms with E-state index in [0.717, 1.165) is 20.1 Å². The van der Waals surface area contributed by atoms with Gasteiger partial charge in [0.25, 0.3) is 5.91 Å². The molecule has 0 saturated carbocycles. The average molecular weight is 571 g/mol. The zero-order chi connectivity index (χ0) is 20.1. The molecule has 0 fully saturated rings. The zero-order valence-electron chi connectivity index (χ0n) is 14.7. The predicted octanol–water partition coefficient (Wildman–Crippen LogP) is 4.99. The molecule has 1 N–H and O–H groups in total. The number of hydrogen-bond acceptors (Lipinski definition) is 4. The second-order valence-corrected chi connectivity index (χ2v) is 8.42. The number of amides is 1. The first-order valence-corrected chi connectivity index (χ1v) is 10.5. The third-order valence-electron chi connectivity index (χ3n) is 3.75. The van der Waals surface area contributed by atoms with Gasteiger partial charge in [-0.15, -0.1) is 0 Å². The molecule has 28 heavy (non-hydrogen) atoms. The van der Waals surface area contributed by atoms with Crippen LogP contribution in [0.5, 0.6) is 5.75 Å². The van der Waals surface area contributed by atoms with E-state index in [9.17, 15) is 4.79 Å². The molecule has 0 aliphatic heterocycles. The highest BCUT2D eigenvalue weighted by Gasteiger charge is 2.15. The van der Waals surface area contributed by atoms with Crippen molar-refractivity contribution in [2.24, 2.45) is 5.10 Å².